The van der Waals surface area contributed by atoms with E-state index in [9.17, 15) is 4.79 Å². The monoisotopic (exact) mass is 226 g/mol. The number of carbonyl (C=O) groups excluding carboxylic acids is 1. The average Bonchev–Trinajstić information content (AvgIpc) is 2.40. The lowest BCUT2D eigenvalue weighted by Crippen LogP contribution is -2.52. The second kappa shape index (κ2) is 4.58. The molecule has 1 amide bonds. The van der Waals surface area contributed by atoms with Crippen molar-refractivity contribution in [1.29, 1.82) is 0 Å². The number of hydrogen-bond donors (Lipinski definition) is 1. The second-order valence-corrected chi connectivity index (χ2v) is 5.49. The van der Waals surface area contributed by atoms with Crippen molar-refractivity contribution in [2.24, 2.45) is 5.73 Å². The average molecular weight is 226 g/mol. The van der Waals surface area contributed by atoms with Crippen molar-refractivity contribution in [2.45, 2.75) is 43.1 Å². The Morgan fingerprint density at radius 3 is 3.00 bits per heavy atom. The van der Waals surface area contributed by atoms with E-state index in [1.165, 1.54) is 6.42 Å². The largest absolute Gasteiger partial charge is 0.323 e. The van der Waals surface area contributed by atoms with Crippen LogP contribution in [0.15, 0.2) is 12.7 Å². The molecule has 4 heteroatoms. The van der Waals surface area contributed by atoms with Crippen molar-refractivity contribution in [3.05, 3.63) is 12.7 Å². The Morgan fingerprint density at radius 1 is 1.47 bits per heavy atom. The van der Waals surface area contributed by atoms with Crippen LogP contribution in [-0.4, -0.2) is 34.0 Å². The minimum absolute atomic E-state index is 0.120. The number of thioether (sulfide) groups is 1. The van der Waals surface area contributed by atoms with Crippen molar-refractivity contribution in [1.82, 2.24) is 4.90 Å². The number of fused-ring (bicyclic) bond motifs is 1. The van der Waals surface area contributed by atoms with Gasteiger partial charge in [-0.05, 0) is 31.4 Å². The molecule has 2 N–H and O–H groups in total. The van der Waals surface area contributed by atoms with Crippen LogP contribution in [0.2, 0.25) is 0 Å². The van der Waals surface area contributed by atoms with Gasteiger partial charge in [-0.2, -0.15) is 0 Å². The molecule has 0 aliphatic carbocycles. The molecule has 2 aliphatic rings. The predicted molar refractivity (Wildman–Crippen MR) is 63.5 cm³/mol. The summed E-state index contributed by atoms with van der Waals surface area (Å²) in [6.45, 7) is 3.82. The van der Waals surface area contributed by atoms with Gasteiger partial charge < -0.3 is 10.6 Å². The third-order valence-electron chi connectivity index (χ3n) is 3.20. The maximum atomic E-state index is 12.1. The molecular weight excluding hydrogens is 208 g/mol. The van der Waals surface area contributed by atoms with Crippen molar-refractivity contribution < 1.29 is 4.79 Å². The quantitative estimate of drug-likeness (QED) is 0.686. The fraction of sp³-hybridized carbons (Fsp3) is 0.727. The zero-order chi connectivity index (χ0) is 10.8. The van der Waals surface area contributed by atoms with Gasteiger partial charge in [-0.1, -0.05) is 6.08 Å². The summed E-state index contributed by atoms with van der Waals surface area (Å²) in [5, 5.41) is 0.336. The molecule has 3 nitrogen and oxygen atoms in total. The molecule has 2 aliphatic heterocycles. The number of amides is 1. The van der Waals surface area contributed by atoms with Crippen LogP contribution in [0.5, 0.6) is 0 Å². The van der Waals surface area contributed by atoms with Crippen molar-refractivity contribution >= 4 is 17.7 Å². The van der Waals surface area contributed by atoms with Gasteiger partial charge in [0.25, 0.3) is 0 Å². The fourth-order valence-electron chi connectivity index (χ4n) is 2.34. The molecule has 0 radical (unpaired) electrons. The van der Waals surface area contributed by atoms with Crippen LogP contribution in [0.1, 0.15) is 25.7 Å². The van der Waals surface area contributed by atoms with E-state index in [4.69, 9.17) is 5.73 Å². The van der Waals surface area contributed by atoms with E-state index in [0.717, 1.165) is 25.0 Å². The lowest BCUT2D eigenvalue weighted by molar-refractivity contribution is -0.135. The highest BCUT2D eigenvalue weighted by Crippen LogP contribution is 2.34. The topological polar surface area (TPSA) is 46.3 Å². The summed E-state index contributed by atoms with van der Waals surface area (Å²) in [6.07, 6.45) is 6.03. The SMILES string of the molecule is C=C[C@@H]1CCC[C@@H]2SCC[C@H](N)C(=O)N12. The van der Waals surface area contributed by atoms with E-state index in [1.54, 1.807) is 0 Å². The van der Waals surface area contributed by atoms with Gasteiger partial charge in [0.15, 0.2) is 0 Å². The second-order valence-electron chi connectivity index (χ2n) is 4.20. The maximum Gasteiger partial charge on any atom is 0.240 e. The van der Waals surface area contributed by atoms with Gasteiger partial charge >= 0.3 is 0 Å². The molecule has 2 rings (SSSR count). The Bertz CT molecular complexity index is 269. The Balaban J connectivity index is 2.22. The number of nitrogens with two attached hydrogens (primary N) is 1. The summed E-state index contributed by atoms with van der Waals surface area (Å²) >= 11 is 1.87. The Morgan fingerprint density at radius 2 is 2.27 bits per heavy atom. The minimum atomic E-state index is -0.303. The highest BCUT2D eigenvalue weighted by Gasteiger charge is 2.37. The van der Waals surface area contributed by atoms with E-state index in [1.807, 2.05) is 22.7 Å². The fourth-order valence-corrected chi connectivity index (χ4v) is 3.76. The first-order valence-electron chi connectivity index (χ1n) is 5.56. The van der Waals surface area contributed by atoms with Crippen LogP contribution in [0, 0.1) is 0 Å². The number of piperidine rings is 1. The molecule has 15 heavy (non-hydrogen) atoms. The molecule has 0 aromatic heterocycles. The highest BCUT2D eigenvalue weighted by molar-refractivity contribution is 7.99. The van der Waals surface area contributed by atoms with Crippen molar-refractivity contribution in [3.63, 3.8) is 0 Å². The minimum Gasteiger partial charge on any atom is -0.323 e. The number of hydrogen-bond acceptors (Lipinski definition) is 3. The molecule has 0 aromatic carbocycles. The summed E-state index contributed by atoms with van der Waals surface area (Å²) in [5.74, 6) is 1.12. The van der Waals surface area contributed by atoms with Gasteiger partial charge in [-0.3, -0.25) is 4.79 Å². The molecule has 2 fully saturated rings. The standard InChI is InChI=1S/C11H18N2OS/c1-2-8-4-3-5-10-13(8)11(14)9(12)6-7-15-10/h2,8-10H,1,3-7,12H2/t8-,9+,10+/m1/s1. The lowest BCUT2D eigenvalue weighted by Gasteiger charge is -2.40. The van der Waals surface area contributed by atoms with E-state index in [2.05, 4.69) is 6.58 Å². The number of rotatable bonds is 1. The molecule has 2 saturated heterocycles. The Kier molecular flexibility index (Phi) is 3.36. The van der Waals surface area contributed by atoms with Gasteiger partial charge in [-0.15, -0.1) is 18.3 Å². The molecule has 84 valence electrons. The smallest absolute Gasteiger partial charge is 0.240 e. The summed E-state index contributed by atoms with van der Waals surface area (Å²) in [4.78, 5) is 14.1. The van der Waals surface area contributed by atoms with E-state index in [-0.39, 0.29) is 18.0 Å². The van der Waals surface area contributed by atoms with E-state index >= 15 is 0 Å². The van der Waals surface area contributed by atoms with Crippen LogP contribution < -0.4 is 5.73 Å². The molecule has 0 spiro atoms. The zero-order valence-electron chi connectivity index (χ0n) is 8.89. The maximum absolute atomic E-state index is 12.1. The van der Waals surface area contributed by atoms with Gasteiger partial charge in [0, 0.05) is 0 Å². The summed E-state index contributed by atoms with van der Waals surface area (Å²) in [7, 11) is 0. The third-order valence-corrected chi connectivity index (χ3v) is 4.52. The summed E-state index contributed by atoms with van der Waals surface area (Å²) in [6, 6.07) is -0.101. The molecule has 0 saturated carbocycles. The first kappa shape index (κ1) is 11.0. The molecule has 2 heterocycles. The highest BCUT2D eigenvalue weighted by atomic mass is 32.2. The lowest BCUT2D eigenvalue weighted by atomic mass is 10.0. The van der Waals surface area contributed by atoms with Crippen LogP contribution in [0.25, 0.3) is 0 Å². The zero-order valence-corrected chi connectivity index (χ0v) is 9.71. The van der Waals surface area contributed by atoms with Gasteiger partial charge in [0.2, 0.25) is 5.91 Å². The van der Waals surface area contributed by atoms with Gasteiger partial charge in [0.1, 0.15) is 0 Å². The molecule has 0 aromatic rings. The van der Waals surface area contributed by atoms with Crippen LogP contribution in [0.3, 0.4) is 0 Å². The number of carbonyl (C=O) groups is 1. The number of nitrogens with zero attached hydrogens (tertiary/aromatic N) is 1. The summed E-state index contributed by atoms with van der Waals surface area (Å²) in [5.41, 5.74) is 5.86. The first-order valence-corrected chi connectivity index (χ1v) is 6.61. The summed E-state index contributed by atoms with van der Waals surface area (Å²) < 4.78 is 0. The molecule has 0 bridgehead atoms. The first-order chi connectivity index (χ1) is 7.24. The van der Waals surface area contributed by atoms with Crippen LogP contribution >= 0.6 is 11.8 Å². The van der Waals surface area contributed by atoms with Gasteiger partial charge in [-0.25, -0.2) is 0 Å². The van der Waals surface area contributed by atoms with E-state index < -0.39 is 0 Å². The van der Waals surface area contributed by atoms with E-state index in [0.29, 0.717) is 5.37 Å². The third kappa shape index (κ3) is 2.06. The molecule has 3 atom stereocenters. The molecular formula is C11H18N2OS. The van der Waals surface area contributed by atoms with Crippen LogP contribution in [-0.2, 0) is 4.79 Å². The predicted octanol–water partition coefficient (Wildman–Crippen LogP) is 1.34. The van der Waals surface area contributed by atoms with Gasteiger partial charge in [0.05, 0.1) is 17.5 Å². The van der Waals surface area contributed by atoms with Crippen molar-refractivity contribution in [3.8, 4) is 0 Å². The Hall–Kier alpha value is -0.480. The Labute approximate surface area is 95.1 Å². The molecule has 0 unspecified atom stereocenters. The normalized spacial score (nSPS) is 37.0. The van der Waals surface area contributed by atoms with Crippen LogP contribution in [0.4, 0.5) is 0 Å². The van der Waals surface area contributed by atoms with Crippen molar-refractivity contribution in [2.75, 3.05) is 5.75 Å².